The van der Waals surface area contributed by atoms with Gasteiger partial charge in [-0.25, -0.2) is 9.78 Å². The van der Waals surface area contributed by atoms with Crippen LogP contribution in [0.5, 0.6) is 5.88 Å². The Morgan fingerprint density at radius 1 is 1.19 bits per heavy atom. The van der Waals surface area contributed by atoms with E-state index in [-0.39, 0.29) is 12.1 Å². The molecule has 1 aromatic heterocycles. The van der Waals surface area contributed by atoms with E-state index in [4.69, 9.17) is 4.74 Å². The summed E-state index contributed by atoms with van der Waals surface area (Å²) in [7, 11) is 0. The summed E-state index contributed by atoms with van der Waals surface area (Å²) in [6.07, 6.45) is 6.55. The minimum absolute atomic E-state index is 0.0290. The van der Waals surface area contributed by atoms with E-state index in [1.807, 2.05) is 26.0 Å². The molecule has 1 aliphatic rings. The molecule has 0 saturated heterocycles. The number of rotatable bonds is 6. The zero-order chi connectivity index (χ0) is 18.4. The number of hydrogen-bond donors (Lipinski definition) is 2. The third-order valence-corrected chi connectivity index (χ3v) is 4.76. The van der Waals surface area contributed by atoms with Gasteiger partial charge in [0.1, 0.15) is 0 Å². The molecule has 2 amide bonds. The number of ether oxygens (including phenoxy) is 1. The van der Waals surface area contributed by atoms with Gasteiger partial charge in [0.05, 0.1) is 12.6 Å². The number of carbonyl (C=O) groups excluding carboxylic acids is 1. The molecular formula is C21H27N3O2. The van der Waals surface area contributed by atoms with Crippen LogP contribution in [0.2, 0.25) is 0 Å². The second-order valence-corrected chi connectivity index (χ2v) is 6.72. The fourth-order valence-electron chi connectivity index (χ4n) is 3.32. The van der Waals surface area contributed by atoms with Crippen molar-refractivity contribution in [1.29, 1.82) is 0 Å². The molecule has 1 aliphatic carbocycles. The lowest BCUT2D eigenvalue weighted by Gasteiger charge is -2.20. The maximum absolute atomic E-state index is 12.2. The Morgan fingerprint density at radius 3 is 2.81 bits per heavy atom. The van der Waals surface area contributed by atoms with E-state index < -0.39 is 0 Å². The van der Waals surface area contributed by atoms with E-state index in [2.05, 4.69) is 33.8 Å². The van der Waals surface area contributed by atoms with Crippen LogP contribution in [0, 0.1) is 0 Å². The van der Waals surface area contributed by atoms with Crippen molar-refractivity contribution in [3.63, 3.8) is 0 Å². The van der Waals surface area contributed by atoms with Crippen molar-refractivity contribution >= 4 is 6.03 Å². The highest BCUT2D eigenvalue weighted by atomic mass is 16.5. The maximum Gasteiger partial charge on any atom is 0.315 e. The second kappa shape index (κ2) is 8.70. The van der Waals surface area contributed by atoms with Crippen LogP contribution in [0.3, 0.4) is 0 Å². The molecular weight excluding hydrogens is 326 g/mol. The standard InChI is InChI=1S/C21H27N3O2/c1-3-26-20-12-16(10-11-22-20)14-23-21(25)24-15(2)18-9-8-17-6-4-5-7-19(17)13-18/h8-13,15H,3-7,14H2,1-2H3,(H2,23,24,25). The number of amides is 2. The van der Waals surface area contributed by atoms with Gasteiger partial charge in [-0.05, 0) is 67.9 Å². The van der Waals surface area contributed by atoms with E-state index in [0.717, 1.165) is 17.5 Å². The Labute approximate surface area is 155 Å². The van der Waals surface area contributed by atoms with Gasteiger partial charge >= 0.3 is 6.03 Å². The van der Waals surface area contributed by atoms with Crippen LogP contribution < -0.4 is 15.4 Å². The lowest BCUT2D eigenvalue weighted by atomic mass is 9.89. The normalized spacial score (nSPS) is 14.2. The highest BCUT2D eigenvalue weighted by Gasteiger charge is 2.14. The number of hydrogen-bond acceptors (Lipinski definition) is 3. The Balaban J connectivity index is 1.53. The van der Waals surface area contributed by atoms with Crippen LogP contribution in [0.4, 0.5) is 4.79 Å². The molecule has 0 bridgehead atoms. The Morgan fingerprint density at radius 2 is 2.00 bits per heavy atom. The second-order valence-electron chi connectivity index (χ2n) is 6.72. The summed E-state index contributed by atoms with van der Waals surface area (Å²) in [5, 5.41) is 5.91. The third-order valence-electron chi connectivity index (χ3n) is 4.76. The minimum Gasteiger partial charge on any atom is -0.478 e. The van der Waals surface area contributed by atoms with Gasteiger partial charge in [0.15, 0.2) is 0 Å². The zero-order valence-electron chi connectivity index (χ0n) is 15.5. The molecule has 0 saturated carbocycles. The molecule has 1 heterocycles. The molecule has 0 spiro atoms. The molecule has 5 nitrogen and oxygen atoms in total. The lowest BCUT2D eigenvalue weighted by Crippen LogP contribution is -2.36. The van der Waals surface area contributed by atoms with Gasteiger partial charge in [-0.1, -0.05) is 18.2 Å². The molecule has 1 aromatic carbocycles. The highest BCUT2D eigenvalue weighted by Crippen LogP contribution is 2.24. The lowest BCUT2D eigenvalue weighted by molar-refractivity contribution is 0.237. The average Bonchev–Trinajstić information content (AvgIpc) is 2.66. The number of pyridine rings is 1. The zero-order valence-corrected chi connectivity index (χ0v) is 15.5. The molecule has 0 aliphatic heterocycles. The van der Waals surface area contributed by atoms with Crippen LogP contribution in [0.15, 0.2) is 36.5 Å². The first-order chi connectivity index (χ1) is 12.7. The van der Waals surface area contributed by atoms with Crippen molar-refractivity contribution in [1.82, 2.24) is 15.6 Å². The number of nitrogens with zero attached hydrogens (tertiary/aromatic N) is 1. The average molecular weight is 353 g/mol. The van der Waals surface area contributed by atoms with Gasteiger partial charge in [-0.2, -0.15) is 0 Å². The fourth-order valence-corrected chi connectivity index (χ4v) is 3.32. The number of fused-ring (bicyclic) bond motifs is 1. The first kappa shape index (κ1) is 18.2. The molecule has 0 fully saturated rings. The van der Waals surface area contributed by atoms with Gasteiger partial charge in [-0.3, -0.25) is 0 Å². The first-order valence-electron chi connectivity index (χ1n) is 9.39. The molecule has 138 valence electrons. The summed E-state index contributed by atoms with van der Waals surface area (Å²) in [5.41, 5.74) is 5.01. The minimum atomic E-state index is -0.176. The molecule has 2 aromatic rings. The van der Waals surface area contributed by atoms with Crippen LogP contribution in [-0.4, -0.2) is 17.6 Å². The third kappa shape index (κ3) is 4.75. The maximum atomic E-state index is 12.2. The Bertz CT molecular complexity index is 761. The van der Waals surface area contributed by atoms with Crippen molar-refractivity contribution in [2.75, 3.05) is 6.61 Å². The number of aryl methyl sites for hydroxylation is 2. The van der Waals surface area contributed by atoms with Gasteiger partial charge in [-0.15, -0.1) is 0 Å². The van der Waals surface area contributed by atoms with Crippen LogP contribution in [0.1, 0.15) is 55.0 Å². The molecule has 3 rings (SSSR count). The molecule has 0 radical (unpaired) electrons. The Hall–Kier alpha value is -2.56. The van der Waals surface area contributed by atoms with Crippen molar-refractivity contribution in [3.05, 3.63) is 58.8 Å². The van der Waals surface area contributed by atoms with E-state index in [0.29, 0.717) is 19.0 Å². The number of benzene rings is 1. The summed E-state index contributed by atoms with van der Waals surface area (Å²) in [4.78, 5) is 16.4. The Kier molecular flexibility index (Phi) is 6.10. The van der Waals surface area contributed by atoms with Crippen LogP contribution in [-0.2, 0) is 19.4 Å². The number of urea groups is 1. The predicted octanol–water partition coefficient (Wildman–Crippen LogP) is 3.92. The van der Waals surface area contributed by atoms with Crippen molar-refractivity contribution in [2.24, 2.45) is 0 Å². The van der Waals surface area contributed by atoms with Crippen molar-refractivity contribution in [2.45, 2.75) is 52.1 Å². The first-order valence-corrected chi connectivity index (χ1v) is 9.39. The topological polar surface area (TPSA) is 63.2 Å². The van der Waals surface area contributed by atoms with Crippen molar-refractivity contribution < 1.29 is 9.53 Å². The van der Waals surface area contributed by atoms with E-state index in [9.17, 15) is 4.79 Å². The number of nitrogens with one attached hydrogen (secondary N) is 2. The van der Waals surface area contributed by atoms with Gasteiger partial charge < -0.3 is 15.4 Å². The molecule has 5 heteroatoms. The summed E-state index contributed by atoms with van der Waals surface area (Å²) >= 11 is 0. The summed E-state index contributed by atoms with van der Waals surface area (Å²) < 4.78 is 5.38. The summed E-state index contributed by atoms with van der Waals surface area (Å²) in [6.45, 7) is 4.94. The van der Waals surface area contributed by atoms with Crippen molar-refractivity contribution in [3.8, 4) is 5.88 Å². The van der Waals surface area contributed by atoms with Gasteiger partial charge in [0.25, 0.3) is 0 Å². The highest BCUT2D eigenvalue weighted by molar-refractivity contribution is 5.74. The van der Waals surface area contributed by atoms with E-state index in [1.165, 1.54) is 30.4 Å². The van der Waals surface area contributed by atoms with E-state index >= 15 is 0 Å². The largest absolute Gasteiger partial charge is 0.478 e. The summed E-state index contributed by atoms with van der Waals surface area (Å²) in [5.74, 6) is 0.578. The number of aromatic nitrogens is 1. The van der Waals surface area contributed by atoms with Gasteiger partial charge in [0.2, 0.25) is 5.88 Å². The molecule has 2 N–H and O–H groups in total. The summed E-state index contributed by atoms with van der Waals surface area (Å²) in [6, 6.07) is 10.1. The molecule has 1 unspecified atom stereocenters. The SMILES string of the molecule is CCOc1cc(CNC(=O)NC(C)c2ccc3c(c2)CCCC3)ccn1. The van der Waals surface area contributed by atoms with Crippen LogP contribution in [0.25, 0.3) is 0 Å². The predicted molar refractivity (Wildman–Crippen MR) is 102 cm³/mol. The quantitative estimate of drug-likeness (QED) is 0.827. The smallest absolute Gasteiger partial charge is 0.315 e. The fraction of sp³-hybridized carbons (Fsp3) is 0.429. The number of carbonyl (C=O) groups is 1. The van der Waals surface area contributed by atoms with Gasteiger partial charge in [0, 0.05) is 18.8 Å². The molecule has 26 heavy (non-hydrogen) atoms. The van der Waals surface area contributed by atoms with E-state index in [1.54, 1.807) is 6.20 Å². The molecule has 1 atom stereocenters. The van der Waals surface area contributed by atoms with Crippen LogP contribution >= 0.6 is 0 Å². The monoisotopic (exact) mass is 353 g/mol.